The Bertz CT molecular complexity index is 1560. The zero-order valence-corrected chi connectivity index (χ0v) is 18.5. The molecule has 1 aromatic heterocycles. The van der Waals surface area contributed by atoms with Gasteiger partial charge in [-0.15, -0.1) is 0 Å². The number of pyridine rings is 1. The van der Waals surface area contributed by atoms with Crippen LogP contribution in [0.3, 0.4) is 0 Å². The molecule has 31 heavy (non-hydrogen) atoms. The minimum atomic E-state index is -1.93. The zero-order valence-electron chi connectivity index (χ0n) is 17.5. The number of hydrogen-bond acceptors (Lipinski definition) is 2. The summed E-state index contributed by atoms with van der Waals surface area (Å²) in [6.45, 7) is 4.81. The van der Waals surface area contributed by atoms with E-state index in [2.05, 4.69) is 85.9 Å². The molecule has 0 N–H and O–H groups in total. The average Bonchev–Trinajstić information content (AvgIpc) is 3.05. The summed E-state index contributed by atoms with van der Waals surface area (Å²) in [4.78, 5) is 4.71. The molecule has 3 heteroatoms. The molecule has 1 aliphatic rings. The van der Waals surface area contributed by atoms with Gasteiger partial charge in [-0.05, 0) is 55.9 Å². The first-order chi connectivity index (χ1) is 15.1. The van der Waals surface area contributed by atoms with Gasteiger partial charge in [0.1, 0.15) is 8.07 Å². The maximum atomic E-state index is 9.43. The van der Waals surface area contributed by atoms with Gasteiger partial charge in [-0.3, -0.25) is 4.98 Å². The highest BCUT2D eigenvalue weighted by molar-refractivity contribution is 7.05. The minimum Gasteiger partial charge on any atom is -0.256 e. The summed E-state index contributed by atoms with van der Waals surface area (Å²) < 4.78 is 0. The molecular weight excluding hydrogens is 392 g/mol. The molecule has 0 fully saturated rings. The van der Waals surface area contributed by atoms with Gasteiger partial charge in [0.25, 0.3) is 0 Å². The fourth-order valence-electron chi connectivity index (χ4n) is 5.30. The lowest BCUT2D eigenvalue weighted by molar-refractivity contribution is 1.36. The number of nitrogens with zero attached hydrogens (tertiary/aromatic N) is 2. The second-order valence-electron chi connectivity index (χ2n) is 8.77. The van der Waals surface area contributed by atoms with Gasteiger partial charge in [0, 0.05) is 17.1 Å². The van der Waals surface area contributed by atoms with E-state index in [9.17, 15) is 5.26 Å². The molecule has 2 heterocycles. The molecule has 1 aliphatic heterocycles. The van der Waals surface area contributed by atoms with Crippen LogP contribution in [0.4, 0.5) is 0 Å². The summed E-state index contributed by atoms with van der Waals surface area (Å²) in [6, 6.07) is 30.1. The van der Waals surface area contributed by atoms with Crippen LogP contribution >= 0.6 is 0 Å². The van der Waals surface area contributed by atoms with E-state index in [4.69, 9.17) is 4.98 Å². The predicted octanol–water partition coefficient (Wildman–Crippen LogP) is 5.73. The van der Waals surface area contributed by atoms with E-state index in [-0.39, 0.29) is 0 Å². The van der Waals surface area contributed by atoms with Crippen molar-refractivity contribution in [1.82, 2.24) is 4.98 Å². The SMILES string of the molecule is C[Si]1(C)c2cc(C#N)ccc2-c2ccc3c(ccc4c(-c5ccccc5)nccc43)c21. The van der Waals surface area contributed by atoms with Crippen molar-refractivity contribution in [1.29, 1.82) is 5.26 Å². The highest BCUT2D eigenvalue weighted by Gasteiger charge is 2.39. The standard InChI is InChI=1S/C28H20N2Si/c1-31(2)26-16-18(17-29)8-9-22(26)25-12-10-20-21-14-15-30-27(19-6-4-3-5-7-19)23(21)11-13-24(20)28(25)31/h3-16H,1-2H3. The number of benzene rings is 4. The smallest absolute Gasteiger partial charge is 0.114 e. The molecule has 146 valence electrons. The number of rotatable bonds is 1. The normalized spacial score (nSPS) is 13.7. The minimum absolute atomic E-state index is 0.750. The maximum Gasteiger partial charge on any atom is 0.114 e. The van der Waals surface area contributed by atoms with Crippen LogP contribution in [0, 0.1) is 11.3 Å². The molecule has 5 aromatic rings. The van der Waals surface area contributed by atoms with Crippen LogP contribution in [-0.4, -0.2) is 13.1 Å². The average molecular weight is 413 g/mol. The van der Waals surface area contributed by atoms with Crippen LogP contribution in [0.15, 0.2) is 85.1 Å². The molecular formula is C28H20N2Si. The highest BCUT2D eigenvalue weighted by atomic mass is 28.3. The van der Waals surface area contributed by atoms with Gasteiger partial charge < -0.3 is 0 Å². The fraction of sp³-hybridized carbons (Fsp3) is 0.0714. The summed E-state index contributed by atoms with van der Waals surface area (Å²) in [5.41, 5.74) is 5.55. The Morgan fingerprint density at radius 2 is 1.45 bits per heavy atom. The van der Waals surface area contributed by atoms with Crippen molar-refractivity contribution in [2.45, 2.75) is 13.1 Å². The second kappa shape index (κ2) is 6.38. The van der Waals surface area contributed by atoms with Crippen LogP contribution in [-0.2, 0) is 0 Å². The van der Waals surface area contributed by atoms with Gasteiger partial charge in [-0.25, -0.2) is 0 Å². The molecule has 0 atom stereocenters. The highest BCUT2D eigenvalue weighted by Crippen LogP contribution is 2.36. The number of aromatic nitrogens is 1. The molecule has 0 saturated heterocycles. The van der Waals surface area contributed by atoms with Crippen molar-refractivity contribution < 1.29 is 0 Å². The Balaban J connectivity index is 1.67. The van der Waals surface area contributed by atoms with Crippen LogP contribution in [0.2, 0.25) is 13.1 Å². The third-order valence-electron chi connectivity index (χ3n) is 6.73. The molecule has 0 amide bonds. The first kappa shape index (κ1) is 18.1. The topological polar surface area (TPSA) is 36.7 Å². The lowest BCUT2D eigenvalue weighted by Gasteiger charge is -2.21. The summed E-state index contributed by atoms with van der Waals surface area (Å²) in [6.07, 6.45) is 1.92. The molecule has 4 aromatic carbocycles. The van der Waals surface area contributed by atoms with Crippen molar-refractivity contribution in [3.05, 3.63) is 90.6 Å². The van der Waals surface area contributed by atoms with Crippen LogP contribution in [0.25, 0.3) is 43.9 Å². The molecule has 0 aliphatic carbocycles. The monoisotopic (exact) mass is 412 g/mol. The Morgan fingerprint density at radius 1 is 0.742 bits per heavy atom. The molecule has 0 unspecified atom stereocenters. The van der Waals surface area contributed by atoms with Gasteiger partial charge in [0.2, 0.25) is 0 Å². The van der Waals surface area contributed by atoms with E-state index in [1.54, 1.807) is 0 Å². The van der Waals surface area contributed by atoms with Crippen molar-refractivity contribution >= 4 is 40.0 Å². The van der Waals surface area contributed by atoms with E-state index in [1.165, 1.54) is 43.0 Å². The molecule has 0 saturated carbocycles. The van der Waals surface area contributed by atoms with Crippen molar-refractivity contribution in [3.8, 4) is 28.5 Å². The van der Waals surface area contributed by atoms with Gasteiger partial charge in [0.05, 0.1) is 17.3 Å². The number of fused-ring (bicyclic) bond motifs is 7. The lowest BCUT2D eigenvalue weighted by Crippen LogP contribution is -2.49. The summed E-state index contributed by atoms with van der Waals surface area (Å²) in [5, 5.41) is 17.3. The van der Waals surface area contributed by atoms with Crippen LogP contribution in [0.5, 0.6) is 0 Å². The summed E-state index contributed by atoms with van der Waals surface area (Å²) in [5.74, 6) is 0. The number of hydrogen-bond donors (Lipinski definition) is 0. The quantitative estimate of drug-likeness (QED) is 0.260. The van der Waals surface area contributed by atoms with Crippen molar-refractivity contribution in [2.24, 2.45) is 0 Å². The first-order valence-corrected chi connectivity index (χ1v) is 13.5. The molecule has 6 rings (SSSR count). The van der Waals surface area contributed by atoms with Crippen LogP contribution in [0.1, 0.15) is 5.56 Å². The van der Waals surface area contributed by atoms with E-state index in [0.717, 1.165) is 16.8 Å². The zero-order chi connectivity index (χ0) is 21.2. The van der Waals surface area contributed by atoms with Crippen molar-refractivity contribution in [2.75, 3.05) is 0 Å². The maximum absolute atomic E-state index is 9.43. The van der Waals surface area contributed by atoms with Gasteiger partial charge >= 0.3 is 0 Å². The molecule has 0 spiro atoms. The third-order valence-corrected chi connectivity index (χ3v) is 10.3. The third kappa shape index (κ3) is 2.46. The Labute approximate surface area is 182 Å². The van der Waals surface area contributed by atoms with Gasteiger partial charge in [-0.1, -0.05) is 73.8 Å². The molecule has 0 radical (unpaired) electrons. The molecule has 0 bridgehead atoms. The number of nitriles is 1. The Hall–Kier alpha value is -3.74. The van der Waals surface area contributed by atoms with E-state index >= 15 is 0 Å². The Morgan fingerprint density at radius 3 is 2.26 bits per heavy atom. The van der Waals surface area contributed by atoms with E-state index in [1.807, 2.05) is 18.3 Å². The van der Waals surface area contributed by atoms with Crippen LogP contribution < -0.4 is 10.4 Å². The van der Waals surface area contributed by atoms with Gasteiger partial charge in [-0.2, -0.15) is 5.26 Å². The van der Waals surface area contributed by atoms with Crippen molar-refractivity contribution in [3.63, 3.8) is 0 Å². The summed E-state index contributed by atoms with van der Waals surface area (Å²) in [7, 11) is -1.93. The lowest BCUT2D eigenvalue weighted by atomic mass is 9.95. The Kier molecular flexibility index (Phi) is 3.71. The van der Waals surface area contributed by atoms with Gasteiger partial charge in [0.15, 0.2) is 0 Å². The van der Waals surface area contributed by atoms with E-state index in [0.29, 0.717) is 0 Å². The summed E-state index contributed by atoms with van der Waals surface area (Å²) >= 11 is 0. The first-order valence-electron chi connectivity index (χ1n) is 10.5. The second-order valence-corrected chi connectivity index (χ2v) is 13.1. The predicted molar refractivity (Wildman–Crippen MR) is 132 cm³/mol. The molecule has 2 nitrogen and oxygen atoms in total. The largest absolute Gasteiger partial charge is 0.256 e. The fourth-order valence-corrected chi connectivity index (χ4v) is 8.75. The van der Waals surface area contributed by atoms with E-state index < -0.39 is 8.07 Å².